The van der Waals surface area contributed by atoms with E-state index in [1.165, 1.54) is 11.8 Å². The van der Waals surface area contributed by atoms with E-state index in [0.29, 0.717) is 13.1 Å². The van der Waals surface area contributed by atoms with E-state index in [9.17, 15) is 14.4 Å². The van der Waals surface area contributed by atoms with Crippen LogP contribution in [0.2, 0.25) is 0 Å². The van der Waals surface area contributed by atoms with Crippen LogP contribution in [0.3, 0.4) is 0 Å². The highest BCUT2D eigenvalue weighted by molar-refractivity contribution is 6.01. The first-order valence-corrected chi connectivity index (χ1v) is 5.29. The first-order valence-electron chi connectivity index (χ1n) is 5.29. The number of hydrogen-bond acceptors (Lipinski definition) is 3. The van der Waals surface area contributed by atoms with Gasteiger partial charge in [-0.1, -0.05) is 0 Å². The third kappa shape index (κ3) is 4.26. The molecule has 0 aliphatic heterocycles. The van der Waals surface area contributed by atoms with Crippen molar-refractivity contribution in [1.82, 2.24) is 4.90 Å². The van der Waals surface area contributed by atoms with Gasteiger partial charge in [0.15, 0.2) is 0 Å². The molecule has 2 N–H and O–H groups in total. The zero-order valence-corrected chi connectivity index (χ0v) is 10.2. The summed E-state index contributed by atoms with van der Waals surface area (Å²) in [6.45, 7) is 5.66. The molecule has 0 saturated heterocycles. The van der Waals surface area contributed by atoms with Crippen molar-refractivity contribution in [3.8, 4) is 0 Å². The second-order valence-corrected chi connectivity index (χ2v) is 3.46. The first kappa shape index (κ1) is 15.2. The summed E-state index contributed by atoms with van der Waals surface area (Å²) in [7, 11) is 0. The molecule has 0 rings (SSSR count). The van der Waals surface area contributed by atoms with Gasteiger partial charge in [0.1, 0.15) is 0 Å². The van der Waals surface area contributed by atoms with E-state index in [4.69, 9.17) is 10.2 Å². The second kappa shape index (κ2) is 6.67. The molecule has 6 heteroatoms. The standard InChI is InChI=1S/C11H17NO5/c1-4-12(5-2)9(13)6-8(11(16)17)7(3)10(14)15/h4-6H2,1-3H3,(H,14,15)(H,16,17). The summed E-state index contributed by atoms with van der Waals surface area (Å²) < 4.78 is 0. The number of rotatable bonds is 6. The highest BCUT2D eigenvalue weighted by Crippen LogP contribution is 2.11. The maximum Gasteiger partial charge on any atom is 0.332 e. The number of carboxylic acid groups (broad SMARTS) is 2. The molecule has 0 aromatic heterocycles. The average molecular weight is 243 g/mol. The van der Waals surface area contributed by atoms with Crippen LogP contribution in [0.25, 0.3) is 0 Å². The Hall–Kier alpha value is -1.85. The van der Waals surface area contributed by atoms with Crippen LogP contribution in [0.4, 0.5) is 0 Å². The number of carbonyl (C=O) groups is 3. The Balaban J connectivity index is 5.04. The lowest BCUT2D eigenvalue weighted by atomic mass is 10.1. The molecule has 6 nitrogen and oxygen atoms in total. The van der Waals surface area contributed by atoms with Crippen LogP contribution in [0, 0.1) is 0 Å². The molecule has 0 aliphatic carbocycles. The molecule has 0 bridgehead atoms. The smallest absolute Gasteiger partial charge is 0.332 e. The lowest BCUT2D eigenvalue weighted by molar-refractivity contribution is -0.137. The molecule has 0 aromatic carbocycles. The van der Waals surface area contributed by atoms with Gasteiger partial charge < -0.3 is 15.1 Å². The molecule has 0 heterocycles. The van der Waals surface area contributed by atoms with E-state index in [1.54, 1.807) is 13.8 Å². The van der Waals surface area contributed by atoms with E-state index >= 15 is 0 Å². The normalized spacial score (nSPS) is 11.7. The molecular formula is C11H17NO5. The quantitative estimate of drug-likeness (QED) is 0.670. The molecule has 17 heavy (non-hydrogen) atoms. The van der Waals surface area contributed by atoms with Crippen molar-refractivity contribution in [2.75, 3.05) is 13.1 Å². The SMILES string of the molecule is CCN(CC)C(=O)CC(C(=O)O)=C(C)C(=O)O. The number of carbonyl (C=O) groups excluding carboxylic acids is 1. The Kier molecular flexibility index (Phi) is 5.95. The number of hydrogen-bond donors (Lipinski definition) is 2. The first-order chi connectivity index (χ1) is 7.84. The van der Waals surface area contributed by atoms with Gasteiger partial charge in [0.2, 0.25) is 5.91 Å². The summed E-state index contributed by atoms with van der Waals surface area (Å²) >= 11 is 0. The fraction of sp³-hybridized carbons (Fsp3) is 0.545. The zero-order valence-electron chi connectivity index (χ0n) is 10.2. The molecule has 0 saturated carbocycles. The van der Waals surface area contributed by atoms with Crippen molar-refractivity contribution >= 4 is 17.8 Å². The van der Waals surface area contributed by atoms with Crippen molar-refractivity contribution in [2.45, 2.75) is 27.2 Å². The molecule has 96 valence electrons. The summed E-state index contributed by atoms with van der Waals surface area (Å²) in [6, 6.07) is 0. The molecule has 0 spiro atoms. The lowest BCUT2D eigenvalue weighted by Crippen LogP contribution is -2.31. The van der Waals surface area contributed by atoms with Gasteiger partial charge in [0.25, 0.3) is 0 Å². The molecule has 0 atom stereocenters. The van der Waals surface area contributed by atoms with Crippen molar-refractivity contribution in [1.29, 1.82) is 0 Å². The minimum atomic E-state index is -1.37. The highest BCUT2D eigenvalue weighted by atomic mass is 16.4. The minimum absolute atomic E-state index is 0.307. The van der Waals surface area contributed by atoms with Gasteiger partial charge in [-0.25, -0.2) is 9.59 Å². The van der Waals surface area contributed by atoms with Gasteiger partial charge >= 0.3 is 11.9 Å². The highest BCUT2D eigenvalue weighted by Gasteiger charge is 2.21. The van der Waals surface area contributed by atoms with Crippen LogP contribution in [0.1, 0.15) is 27.2 Å². The fourth-order valence-corrected chi connectivity index (χ4v) is 1.34. The van der Waals surface area contributed by atoms with Crippen molar-refractivity contribution in [3.63, 3.8) is 0 Å². The minimum Gasteiger partial charge on any atom is -0.478 e. The Morgan fingerprint density at radius 3 is 1.76 bits per heavy atom. The van der Waals surface area contributed by atoms with Crippen LogP contribution in [-0.2, 0) is 14.4 Å². The molecular weight excluding hydrogens is 226 g/mol. The molecule has 0 aromatic rings. The average Bonchev–Trinajstić information content (AvgIpc) is 2.26. The predicted octanol–water partition coefficient (Wildman–Crippen LogP) is 0.731. The van der Waals surface area contributed by atoms with Gasteiger partial charge in [0, 0.05) is 18.7 Å². The summed E-state index contributed by atoms with van der Waals surface area (Å²) in [5, 5.41) is 17.6. The molecule has 0 unspecified atom stereocenters. The van der Waals surface area contributed by atoms with Gasteiger partial charge in [-0.05, 0) is 20.8 Å². The summed E-state index contributed by atoms with van der Waals surface area (Å²) in [6.07, 6.45) is -0.394. The maximum atomic E-state index is 11.7. The van der Waals surface area contributed by atoms with Crippen LogP contribution >= 0.6 is 0 Å². The van der Waals surface area contributed by atoms with Crippen LogP contribution in [0.5, 0.6) is 0 Å². The summed E-state index contributed by atoms with van der Waals surface area (Å²) in [5.41, 5.74) is -0.674. The van der Waals surface area contributed by atoms with Crippen LogP contribution in [0.15, 0.2) is 11.1 Å². The van der Waals surface area contributed by atoms with Crippen molar-refractivity contribution < 1.29 is 24.6 Å². The van der Waals surface area contributed by atoms with Crippen molar-refractivity contribution in [3.05, 3.63) is 11.1 Å². The second-order valence-electron chi connectivity index (χ2n) is 3.46. The summed E-state index contributed by atoms with van der Waals surface area (Å²) in [5.74, 6) is -3.08. The van der Waals surface area contributed by atoms with Gasteiger partial charge in [-0.15, -0.1) is 0 Å². The number of aliphatic carboxylic acids is 2. The number of carboxylic acids is 2. The van der Waals surface area contributed by atoms with E-state index in [-0.39, 0.29) is 17.1 Å². The third-order valence-corrected chi connectivity index (χ3v) is 2.48. The van der Waals surface area contributed by atoms with E-state index in [1.807, 2.05) is 0 Å². The van der Waals surface area contributed by atoms with Gasteiger partial charge in [-0.2, -0.15) is 0 Å². The largest absolute Gasteiger partial charge is 0.478 e. The lowest BCUT2D eigenvalue weighted by Gasteiger charge is -2.18. The Labute approximate surface area is 99.5 Å². The molecule has 0 aliphatic rings. The molecule has 1 amide bonds. The predicted molar refractivity (Wildman–Crippen MR) is 60.5 cm³/mol. The Bertz CT molecular complexity index is 355. The molecule has 0 fully saturated rings. The topological polar surface area (TPSA) is 94.9 Å². The molecule has 0 radical (unpaired) electrons. The number of amides is 1. The Morgan fingerprint density at radius 1 is 1.00 bits per heavy atom. The monoisotopic (exact) mass is 243 g/mol. The zero-order chi connectivity index (χ0) is 13.6. The van der Waals surface area contributed by atoms with Crippen LogP contribution < -0.4 is 0 Å². The summed E-state index contributed by atoms with van der Waals surface area (Å²) in [4.78, 5) is 34.7. The van der Waals surface area contributed by atoms with Gasteiger partial charge in [-0.3, -0.25) is 4.79 Å². The van der Waals surface area contributed by atoms with E-state index in [2.05, 4.69) is 0 Å². The van der Waals surface area contributed by atoms with Gasteiger partial charge in [0.05, 0.1) is 12.0 Å². The third-order valence-electron chi connectivity index (χ3n) is 2.48. The number of nitrogens with zero attached hydrogens (tertiary/aromatic N) is 1. The maximum absolute atomic E-state index is 11.7. The van der Waals surface area contributed by atoms with E-state index in [0.717, 1.165) is 0 Å². The van der Waals surface area contributed by atoms with Crippen LogP contribution in [-0.4, -0.2) is 46.0 Å². The van der Waals surface area contributed by atoms with E-state index < -0.39 is 18.4 Å². The Morgan fingerprint density at radius 2 is 1.47 bits per heavy atom. The fourth-order valence-electron chi connectivity index (χ4n) is 1.34. The van der Waals surface area contributed by atoms with Crippen molar-refractivity contribution in [2.24, 2.45) is 0 Å².